The number of likely N-dealkylation sites (tertiary alicyclic amines) is 1. The minimum atomic E-state index is -0.227. The number of amides is 1. The molecule has 0 aliphatic carbocycles. The van der Waals surface area contributed by atoms with Crippen LogP contribution in [0, 0.1) is 6.92 Å². The standard InChI is InChI=1S/C16H18N8O2/c1-10-18-15(20-19-10)11-3-2-6-23(8-11)16(26)13-7-12(4-5-14(13)25)24-9-17-21-22-24/h4-5,7,9,11,25H,2-3,6,8H2,1H3,(H,18,19,20)/t11-/m1/s1. The van der Waals surface area contributed by atoms with E-state index < -0.39 is 0 Å². The number of rotatable bonds is 3. The lowest BCUT2D eigenvalue weighted by molar-refractivity contribution is 0.0701. The molecule has 0 bridgehead atoms. The van der Waals surface area contributed by atoms with Crippen LogP contribution in [0.4, 0.5) is 0 Å². The van der Waals surface area contributed by atoms with Crippen LogP contribution in [0.15, 0.2) is 24.5 Å². The van der Waals surface area contributed by atoms with Crippen LogP contribution in [-0.4, -0.2) is 64.4 Å². The zero-order valence-corrected chi connectivity index (χ0v) is 14.2. The van der Waals surface area contributed by atoms with Crippen LogP contribution in [0.1, 0.15) is 40.8 Å². The summed E-state index contributed by atoms with van der Waals surface area (Å²) in [6, 6.07) is 4.72. The lowest BCUT2D eigenvalue weighted by Gasteiger charge is -2.31. The molecule has 3 aromatic rings. The van der Waals surface area contributed by atoms with Gasteiger partial charge in [-0.1, -0.05) is 0 Å². The van der Waals surface area contributed by atoms with E-state index in [2.05, 4.69) is 30.7 Å². The summed E-state index contributed by atoms with van der Waals surface area (Å²) in [5.41, 5.74) is 0.833. The van der Waals surface area contributed by atoms with Crippen LogP contribution in [0.5, 0.6) is 5.75 Å². The first kappa shape index (κ1) is 16.2. The van der Waals surface area contributed by atoms with Gasteiger partial charge in [0.2, 0.25) is 0 Å². The molecule has 4 rings (SSSR count). The van der Waals surface area contributed by atoms with E-state index in [9.17, 15) is 9.90 Å². The number of carbonyl (C=O) groups excluding carboxylic acids is 1. The maximum atomic E-state index is 13.0. The van der Waals surface area contributed by atoms with Crippen molar-refractivity contribution in [3.8, 4) is 11.4 Å². The molecule has 3 heterocycles. The minimum absolute atomic E-state index is 0.0670. The number of aromatic nitrogens is 7. The second-order valence-electron chi connectivity index (χ2n) is 6.33. The van der Waals surface area contributed by atoms with Crippen LogP contribution < -0.4 is 0 Å². The van der Waals surface area contributed by atoms with Gasteiger partial charge in [-0.2, -0.15) is 5.10 Å². The molecule has 1 aliphatic rings. The Bertz CT molecular complexity index is 920. The summed E-state index contributed by atoms with van der Waals surface area (Å²) in [5, 5.41) is 28.2. The lowest BCUT2D eigenvalue weighted by atomic mass is 9.96. The number of hydrogen-bond acceptors (Lipinski definition) is 7. The molecule has 1 aromatic carbocycles. The van der Waals surface area contributed by atoms with Crippen LogP contribution in [0.2, 0.25) is 0 Å². The average Bonchev–Trinajstić information content (AvgIpc) is 3.33. The third kappa shape index (κ3) is 3.01. The van der Waals surface area contributed by atoms with Gasteiger partial charge >= 0.3 is 0 Å². The molecule has 1 amide bonds. The van der Waals surface area contributed by atoms with Crippen molar-refractivity contribution in [1.82, 2.24) is 40.3 Å². The normalized spacial score (nSPS) is 17.4. The van der Waals surface area contributed by atoms with E-state index in [-0.39, 0.29) is 23.1 Å². The highest BCUT2D eigenvalue weighted by Crippen LogP contribution is 2.28. The zero-order valence-electron chi connectivity index (χ0n) is 14.2. The zero-order chi connectivity index (χ0) is 18.1. The Morgan fingerprint density at radius 1 is 1.38 bits per heavy atom. The van der Waals surface area contributed by atoms with E-state index in [1.807, 2.05) is 6.92 Å². The molecule has 0 spiro atoms. The largest absolute Gasteiger partial charge is 0.507 e. The van der Waals surface area contributed by atoms with Gasteiger partial charge in [0.25, 0.3) is 5.91 Å². The van der Waals surface area contributed by atoms with Crippen molar-refractivity contribution in [2.75, 3.05) is 13.1 Å². The molecule has 0 radical (unpaired) electrons. The molecule has 2 aromatic heterocycles. The molecular weight excluding hydrogens is 336 g/mol. The molecule has 134 valence electrons. The third-order valence-corrected chi connectivity index (χ3v) is 4.51. The molecule has 10 heteroatoms. The van der Waals surface area contributed by atoms with Crippen molar-refractivity contribution in [2.45, 2.75) is 25.7 Å². The summed E-state index contributed by atoms with van der Waals surface area (Å²) in [4.78, 5) is 19.1. The Morgan fingerprint density at radius 3 is 3.00 bits per heavy atom. The van der Waals surface area contributed by atoms with Crippen molar-refractivity contribution in [3.05, 3.63) is 41.7 Å². The van der Waals surface area contributed by atoms with Crippen LogP contribution in [0.3, 0.4) is 0 Å². The van der Waals surface area contributed by atoms with Crippen molar-refractivity contribution < 1.29 is 9.90 Å². The van der Waals surface area contributed by atoms with Gasteiger partial charge in [-0.3, -0.25) is 9.89 Å². The maximum absolute atomic E-state index is 13.0. The SMILES string of the molecule is Cc1nc([C@@H]2CCCN(C(=O)c3cc(-n4cnnn4)ccc3O)C2)n[nH]1. The molecule has 1 fully saturated rings. The fourth-order valence-electron chi connectivity index (χ4n) is 3.20. The second-order valence-corrected chi connectivity index (χ2v) is 6.33. The predicted octanol–water partition coefficient (Wildman–Crippen LogP) is 0.814. The van der Waals surface area contributed by atoms with E-state index in [0.717, 1.165) is 24.5 Å². The van der Waals surface area contributed by atoms with Gasteiger partial charge in [-0.25, -0.2) is 9.67 Å². The predicted molar refractivity (Wildman–Crippen MR) is 89.8 cm³/mol. The molecule has 0 unspecified atom stereocenters. The lowest BCUT2D eigenvalue weighted by Crippen LogP contribution is -2.39. The van der Waals surface area contributed by atoms with E-state index in [1.165, 1.54) is 17.1 Å². The summed E-state index contributed by atoms with van der Waals surface area (Å²) < 4.78 is 1.44. The van der Waals surface area contributed by atoms with Gasteiger partial charge in [0, 0.05) is 19.0 Å². The molecule has 1 atom stereocenters. The number of hydrogen-bond donors (Lipinski definition) is 2. The van der Waals surface area contributed by atoms with Crippen LogP contribution in [-0.2, 0) is 0 Å². The van der Waals surface area contributed by atoms with Crippen molar-refractivity contribution in [2.24, 2.45) is 0 Å². The Morgan fingerprint density at radius 2 is 2.27 bits per heavy atom. The fraction of sp³-hybridized carbons (Fsp3) is 0.375. The van der Waals surface area contributed by atoms with Gasteiger partial charge in [-0.15, -0.1) is 5.10 Å². The number of nitrogens with zero attached hydrogens (tertiary/aromatic N) is 7. The van der Waals surface area contributed by atoms with E-state index in [0.29, 0.717) is 18.8 Å². The second kappa shape index (κ2) is 6.54. The quantitative estimate of drug-likeness (QED) is 0.713. The van der Waals surface area contributed by atoms with Crippen molar-refractivity contribution in [1.29, 1.82) is 0 Å². The van der Waals surface area contributed by atoms with Gasteiger partial charge in [0.1, 0.15) is 17.9 Å². The summed E-state index contributed by atoms with van der Waals surface area (Å²) in [5.74, 6) is 1.28. The Hall–Kier alpha value is -3.30. The first-order valence-corrected chi connectivity index (χ1v) is 8.36. The van der Waals surface area contributed by atoms with Gasteiger partial charge in [-0.05, 0) is 48.4 Å². The Labute approximate surface area is 148 Å². The summed E-state index contributed by atoms with van der Waals surface area (Å²) >= 11 is 0. The molecule has 26 heavy (non-hydrogen) atoms. The fourth-order valence-corrected chi connectivity index (χ4v) is 3.20. The minimum Gasteiger partial charge on any atom is -0.507 e. The topological polar surface area (TPSA) is 126 Å². The monoisotopic (exact) mass is 354 g/mol. The highest BCUT2D eigenvalue weighted by Gasteiger charge is 2.29. The highest BCUT2D eigenvalue weighted by atomic mass is 16.3. The van der Waals surface area contributed by atoms with Gasteiger partial charge in [0.15, 0.2) is 5.82 Å². The molecule has 0 saturated carbocycles. The Kier molecular flexibility index (Phi) is 4.07. The average molecular weight is 354 g/mol. The third-order valence-electron chi connectivity index (χ3n) is 4.51. The number of carbonyl (C=O) groups is 1. The molecular formula is C16H18N8O2. The molecule has 1 saturated heterocycles. The number of nitrogens with one attached hydrogen (secondary N) is 1. The molecule has 2 N–H and O–H groups in total. The van der Waals surface area contributed by atoms with Crippen LogP contribution >= 0.6 is 0 Å². The van der Waals surface area contributed by atoms with Gasteiger partial charge < -0.3 is 10.0 Å². The number of benzene rings is 1. The van der Waals surface area contributed by atoms with E-state index in [4.69, 9.17) is 0 Å². The number of aromatic hydroxyl groups is 1. The van der Waals surface area contributed by atoms with Crippen molar-refractivity contribution >= 4 is 5.91 Å². The highest BCUT2D eigenvalue weighted by molar-refractivity contribution is 5.97. The van der Waals surface area contributed by atoms with Gasteiger partial charge in [0.05, 0.1) is 11.3 Å². The van der Waals surface area contributed by atoms with E-state index >= 15 is 0 Å². The first-order valence-electron chi connectivity index (χ1n) is 8.36. The van der Waals surface area contributed by atoms with E-state index in [1.54, 1.807) is 17.0 Å². The van der Waals surface area contributed by atoms with Crippen molar-refractivity contribution in [3.63, 3.8) is 0 Å². The first-order chi connectivity index (χ1) is 12.6. The molecule has 10 nitrogen and oxygen atoms in total. The summed E-state index contributed by atoms with van der Waals surface area (Å²) in [6.07, 6.45) is 3.22. The summed E-state index contributed by atoms with van der Waals surface area (Å²) in [6.45, 7) is 3.00. The maximum Gasteiger partial charge on any atom is 0.257 e. The smallest absolute Gasteiger partial charge is 0.257 e. The Balaban J connectivity index is 1.58. The number of tetrazole rings is 1. The number of H-pyrrole nitrogens is 1. The number of aryl methyl sites for hydroxylation is 1. The summed E-state index contributed by atoms with van der Waals surface area (Å²) in [7, 11) is 0. The number of phenolic OH excluding ortho intramolecular Hbond substituents is 1. The number of phenols is 1. The van der Waals surface area contributed by atoms with Crippen LogP contribution in [0.25, 0.3) is 5.69 Å². The molecule has 1 aliphatic heterocycles. The number of piperidine rings is 1. The number of aromatic amines is 1.